The van der Waals surface area contributed by atoms with Gasteiger partial charge >= 0.3 is 0 Å². The SMILES string of the molecule is CC.CCc1cccc(OC2CCNCC2F)n1. The summed E-state index contributed by atoms with van der Waals surface area (Å²) >= 11 is 0. The van der Waals surface area contributed by atoms with Gasteiger partial charge in [0, 0.05) is 18.3 Å². The first-order chi connectivity index (χ1) is 8.79. The fourth-order valence-electron chi connectivity index (χ4n) is 1.80. The number of piperidine rings is 1. The molecule has 2 rings (SSSR count). The minimum absolute atomic E-state index is 0.360. The van der Waals surface area contributed by atoms with Gasteiger partial charge in [0.2, 0.25) is 5.88 Å². The van der Waals surface area contributed by atoms with Crippen molar-refractivity contribution in [3.63, 3.8) is 0 Å². The fraction of sp³-hybridized carbons (Fsp3) is 0.643. The van der Waals surface area contributed by atoms with Crippen LogP contribution in [0.4, 0.5) is 4.39 Å². The fourth-order valence-corrected chi connectivity index (χ4v) is 1.80. The second kappa shape index (κ2) is 8.03. The summed E-state index contributed by atoms with van der Waals surface area (Å²) in [7, 11) is 0. The van der Waals surface area contributed by atoms with Gasteiger partial charge in [-0.05, 0) is 25.5 Å². The Bertz CT molecular complexity index is 346. The van der Waals surface area contributed by atoms with E-state index in [0.29, 0.717) is 18.8 Å². The summed E-state index contributed by atoms with van der Waals surface area (Å²) < 4.78 is 19.1. The Balaban J connectivity index is 0.000000771. The van der Waals surface area contributed by atoms with Crippen molar-refractivity contribution in [1.82, 2.24) is 10.3 Å². The van der Waals surface area contributed by atoms with E-state index in [2.05, 4.69) is 10.3 Å². The predicted octanol–water partition coefficient (Wildman–Crippen LogP) is 2.75. The maximum absolute atomic E-state index is 13.5. The van der Waals surface area contributed by atoms with Gasteiger partial charge in [-0.3, -0.25) is 0 Å². The summed E-state index contributed by atoms with van der Waals surface area (Å²) in [6.07, 6.45) is 0.253. The number of alkyl halides is 1. The molecule has 0 amide bonds. The quantitative estimate of drug-likeness (QED) is 0.900. The third kappa shape index (κ3) is 4.26. The maximum Gasteiger partial charge on any atom is 0.213 e. The first kappa shape index (κ1) is 14.9. The zero-order chi connectivity index (χ0) is 13.4. The Labute approximate surface area is 109 Å². The first-order valence-corrected chi connectivity index (χ1v) is 6.77. The number of aryl methyl sites for hydroxylation is 1. The Morgan fingerprint density at radius 2 is 2.22 bits per heavy atom. The summed E-state index contributed by atoms with van der Waals surface area (Å²) in [6.45, 7) is 7.21. The van der Waals surface area contributed by atoms with E-state index in [1.807, 2.05) is 32.9 Å². The molecule has 1 aliphatic rings. The highest BCUT2D eigenvalue weighted by Crippen LogP contribution is 2.16. The predicted molar refractivity (Wildman–Crippen MR) is 71.8 cm³/mol. The highest BCUT2D eigenvalue weighted by molar-refractivity contribution is 5.16. The van der Waals surface area contributed by atoms with Gasteiger partial charge < -0.3 is 10.1 Å². The third-order valence-electron chi connectivity index (χ3n) is 2.76. The zero-order valence-corrected chi connectivity index (χ0v) is 11.4. The molecule has 4 heteroatoms. The number of pyridine rings is 1. The van der Waals surface area contributed by atoms with Crippen molar-refractivity contribution >= 4 is 0 Å². The minimum atomic E-state index is -0.944. The van der Waals surface area contributed by atoms with Gasteiger partial charge in [-0.2, -0.15) is 0 Å². The molecule has 0 aliphatic carbocycles. The molecule has 2 heterocycles. The van der Waals surface area contributed by atoms with Gasteiger partial charge in [0.1, 0.15) is 12.3 Å². The summed E-state index contributed by atoms with van der Waals surface area (Å²) in [4.78, 5) is 4.31. The summed E-state index contributed by atoms with van der Waals surface area (Å²) in [5, 5.41) is 3.00. The van der Waals surface area contributed by atoms with E-state index < -0.39 is 6.17 Å². The highest BCUT2D eigenvalue weighted by atomic mass is 19.1. The zero-order valence-electron chi connectivity index (χ0n) is 11.4. The lowest BCUT2D eigenvalue weighted by molar-refractivity contribution is 0.0692. The number of rotatable bonds is 3. The van der Waals surface area contributed by atoms with Crippen LogP contribution in [-0.2, 0) is 6.42 Å². The van der Waals surface area contributed by atoms with Crippen LogP contribution in [0.1, 0.15) is 32.9 Å². The van der Waals surface area contributed by atoms with Crippen molar-refractivity contribution in [3.05, 3.63) is 23.9 Å². The third-order valence-corrected chi connectivity index (χ3v) is 2.76. The monoisotopic (exact) mass is 254 g/mol. The smallest absolute Gasteiger partial charge is 0.213 e. The van der Waals surface area contributed by atoms with E-state index in [4.69, 9.17) is 4.74 Å². The van der Waals surface area contributed by atoms with Gasteiger partial charge in [0.15, 0.2) is 0 Å². The molecule has 2 unspecified atom stereocenters. The molecule has 1 saturated heterocycles. The lowest BCUT2D eigenvalue weighted by atomic mass is 10.1. The molecule has 0 bridgehead atoms. The average molecular weight is 254 g/mol. The van der Waals surface area contributed by atoms with E-state index in [1.165, 1.54) is 0 Å². The van der Waals surface area contributed by atoms with Crippen LogP contribution in [0.2, 0.25) is 0 Å². The number of hydrogen-bond acceptors (Lipinski definition) is 3. The van der Waals surface area contributed by atoms with E-state index >= 15 is 0 Å². The van der Waals surface area contributed by atoms with Crippen LogP contribution in [0.5, 0.6) is 5.88 Å². The van der Waals surface area contributed by atoms with Crippen LogP contribution in [0, 0.1) is 0 Å². The van der Waals surface area contributed by atoms with E-state index in [0.717, 1.165) is 18.7 Å². The Morgan fingerprint density at radius 3 is 2.89 bits per heavy atom. The molecular weight excluding hydrogens is 231 g/mol. The van der Waals surface area contributed by atoms with Crippen molar-refractivity contribution in [3.8, 4) is 5.88 Å². The Hall–Kier alpha value is -1.16. The summed E-state index contributed by atoms with van der Waals surface area (Å²) in [6, 6.07) is 5.63. The topological polar surface area (TPSA) is 34.1 Å². The van der Waals surface area contributed by atoms with Gasteiger partial charge in [-0.1, -0.05) is 26.8 Å². The van der Waals surface area contributed by atoms with Crippen molar-refractivity contribution in [2.75, 3.05) is 13.1 Å². The second-order valence-corrected chi connectivity index (χ2v) is 3.99. The molecule has 3 nitrogen and oxygen atoms in total. The summed E-state index contributed by atoms with van der Waals surface area (Å²) in [5.41, 5.74) is 0.974. The lowest BCUT2D eigenvalue weighted by Gasteiger charge is -2.26. The average Bonchev–Trinajstić information content (AvgIpc) is 2.44. The standard InChI is InChI=1S/C12H17FN2O.C2H6/c1-2-9-4-3-5-12(15-9)16-11-6-7-14-8-10(11)13;1-2/h3-5,10-11,14H,2,6-8H2,1H3;1-2H3. The molecule has 1 N–H and O–H groups in total. The van der Waals surface area contributed by atoms with Crippen LogP contribution in [0.25, 0.3) is 0 Å². The molecule has 102 valence electrons. The molecule has 1 aromatic heterocycles. The van der Waals surface area contributed by atoms with Crippen molar-refractivity contribution < 1.29 is 9.13 Å². The number of nitrogens with zero attached hydrogens (tertiary/aromatic N) is 1. The molecule has 1 fully saturated rings. The number of nitrogens with one attached hydrogen (secondary N) is 1. The van der Waals surface area contributed by atoms with E-state index in [-0.39, 0.29) is 6.10 Å². The summed E-state index contributed by atoms with van der Waals surface area (Å²) in [5.74, 6) is 0.536. The molecule has 2 atom stereocenters. The first-order valence-electron chi connectivity index (χ1n) is 6.77. The lowest BCUT2D eigenvalue weighted by Crippen LogP contribution is -2.44. The molecule has 1 aliphatic heterocycles. The molecular formula is C14H23FN2O. The largest absolute Gasteiger partial charge is 0.471 e. The molecule has 0 aromatic carbocycles. The number of hydrogen-bond donors (Lipinski definition) is 1. The number of ether oxygens (including phenoxy) is 1. The second-order valence-electron chi connectivity index (χ2n) is 3.99. The normalized spacial score (nSPS) is 22.9. The van der Waals surface area contributed by atoms with Crippen molar-refractivity contribution in [2.45, 2.75) is 45.9 Å². The van der Waals surface area contributed by atoms with Crippen LogP contribution in [0.15, 0.2) is 18.2 Å². The van der Waals surface area contributed by atoms with Crippen molar-refractivity contribution in [1.29, 1.82) is 0 Å². The van der Waals surface area contributed by atoms with Crippen molar-refractivity contribution in [2.24, 2.45) is 0 Å². The number of halogens is 1. The van der Waals surface area contributed by atoms with E-state index in [1.54, 1.807) is 6.07 Å². The van der Waals surface area contributed by atoms with Gasteiger partial charge in [-0.25, -0.2) is 9.37 Å². The molecule has 0 saturated carbocycles. The van der Waals surface area contributed by atoms with E-state index in [9.17, 15) is 4.39 Å². The molecule has 0 spiro atoms. The van der Waals surface area contributed by atoms with Crippen LogP contribution in [-0.4, -0.2) is 30.3 Å². The molecule has 1 aromatic rings. The highest BCUT2D eigenvalue weighted by Gasteiger charge is 2.26. The Morgan fingerprint density at radius 1 is 1.44 bits per heavy atom. The van der Waals surface area contributed by atoms with Crippen LogP contribution >= 0.6 is 0 Å². The number of aromatic nitrogens is 1. The van der Waals surface area contributed by atoms with Gasteiger partial charge in [0.25, 0.3) is 0 Å². The van der Waals surface area contributed by atoms with Crippen LogP contribution < -0.4 is 10.1 Å². The molecule has 18 heavy (non-hydrogen) atoms. The maximum atomic E-state index is 13.5. The molecule has 0 radical (unpaired) electrons. The Kier molecular flexibility index (Phi) is 6.65. The minimum Gasteiger partial charge on any atom is -0.471 e. The van der Waals surface area contributed by atoms with Crippen LogP contribution in [0.3, 0.4) is 0 Å². The van der Waals surface area contributed by atoms with Gasteiger partial charge in [-0.15, -0.1) is 0 Å². The van der Waals surface area contributed by atoms with Gasteiger partial charge in [0.05, 0.1) is 0 Å².